The average molecular weight is 333 g/mol. The molecule has 130 valence electrons. The minimum Gasteiger partial charge on any atom is -0.0718 e. The predicted octanol–water partition coefficient (Wildman–Crippen LogP) is 7.05. The lowest BCUT2D eigenvalue weighted by molar-refractivity contribution is 0.511. The highest BCUT2D eigenvalue weighted by Gasteiger charge is 2.25. The van der Waals surface area contributed by atoms with Crippen LogP contribution in [0.25, 0.3) is 0 Å². The summed E-state index contributed by atoms with van der Waals surface area (Å²) in [5, 5.41) is 1.78. The first-order valence-electron chi connectivity index (χ1n) is 10.2. The van der Waals surface area contributed by atoms with Crippen molar-refractivity contribution in [1.82, 2.24) is 0 Å². The fraction of sp³-hybridized carbons (Fsp3) is 0.727. The highest BCUT2D eigenvalue weighted by molar-refractivity contribution is 7.66. The van der Waals surface area contributed by atoms with Crippen molar-refractivity contribution >= 4 is 13.2 Å². The van der Waals surface area contributed by atoms with Gasteiger partial charge in [0.25, 0.3) is 0 Å². The molecule has 1 aromatic carbocycles. The van der Waals surface area contributed by atoms with Crippen LogP contribution in [0.2, 0.25) is 0 Å². The molecule has 0 radical (unpaired) electrons. The van der Waals surface area contributed by atoms with E-state index in [1.807, 2.05) is 0 Å². The number of hydrogen-bond donors (Lipinski definition) is 0. The number of hydrogen-bond acceptors (Lipinski definition) is 0. The SMILES string of the molecule is CCCCCCP(c1ccccc1CCCC)C1CCCCC1. The van der Waals surface area contributed by atoms with Crippen molar-refractivity contribution < 1.29 is 0 Å². The summed E-state index contributed by atoms with van der Waals surface area (Å²) in [6, 6.07) is 9.48. The third-order valence-corrected chi connectivity index (χ3v) is 8.62. The lowest BCUT2D eigenvalue weighted by Gasteiger charge is -2.32. The van der Waals surface area contributed by atoms with E-state index in [1.165, 1.54) is 83.2 Å². The lowest BCUT2D eigenvalue weighted by Crippen LogP contribution is -2.21. The molecular formula is C22H37P. The number of rotatable bonds is 10. The third kappa shape index (κ3) is 6.22. The number of unbranched alkanes of at least 4 members (excludes halogenated alkanes) is 4. The molecule has 0 spiro atoms. The maximum absolute atomic E-state index is 2.49. The van der Waals surface area contributed by atoms with Gasteiger partial charge in [0.1, 0.15) is 0 Å². The molecule has 1 saturated carbocycles. The zero-order valence-electron chi connectivity index (χ0n) is 15.5. The second-order valence-electron chi connectivity index (χ2n) is 7.28. The van der Waals surface area contributed by atoms with Crippen LogP contribution in [0.4, 0.5) is 0 Å². The molecule has 0 saturated heterocycles. The van der Waals surface area contributed by atoms with E-state index in [1.54, 1.807) is 10.9 Å². The predicted molar refractivity (Wildman–Crippen MR) is 107 cm³/mol. The number of benzene rings is 1. The summed E-state index contributed by atoms with van der Waals surface area (Å²) in [4.78, 5) is 0. The highest BCUT2D eigenvalue weighted by atomic mass is 31.1. The van der Waals surface area contributed by atoms with Gasteiger partial charge in [-0.15, -0.1) is 0 Å². The van der Waals surface area contributed by atoms with E-state index in [0.29, 0.717) is 0 Å². The Morgan fingerprint density at radius 1 is 0.870 bits per heavy atom. The van der Waals surface area contributed by atoms with Crippen LogP contribution >= 0.6 is 7.92 Å². The van der Waals surface area contributed by atoms with E-state index in [0.717, 1.165) is 5.66 Å². The van der Waals surface area contributed by atoms with Crippen molar-refractivity contribution in [1.29, 1.82) is 0 Å². The molecule has 0 amide bonds. The van der Waals surface area contributed by atoms with Crippen LogP contribution in [0.3, 0.4) is 0 Å². The molecule has 1 heteroatoms. The van der Waals surface area contributed by atoms with E-state index >= 15 is 0 Å². The quantitative estimate of drug-likeness (QED) is 0.318. The van der Waals surface area contributed by atoms with E-state index < -0.39 is 0 Å². The first-order chi connectivity index (χ1) is 11.4. The molecule has 1 aliphatic carbocycles. The second kappa shape index (κ2) is 11.2. The average Bonchev–Trinajstić information content (AvgIpc) is 2.61. The monoisotopic (exact) mass is 332 g/mol. The molecule has 0 N–H and O–H groups in total. The molecule has 1 aliphatic rings. The van der Waals surface area contributed by atoms with Gasteiger partial charge in [0.05, 0.1) is 0 Å². The van der Waals surface area contributed by atoms with Crippen molar-refractivity contribution in [3.63, 3.8) is 0 Å². The van der Waals surface area contributed by atoms with Crippen molar-refractivity contribution in [3.05, 3.63) is 29.8 Å². The summed E-state index contributed by atoms with van der Waals surface area (Å²) in [6.45, 7) is 4.64. The van der Waals surface area contributed by atoms with Crippen LogP contribution in [0.15, 0.2) is 24.3 Å². The molecule has 1 unspecified atom stereocenters. The van der Waals surface area contributed by atoms with Crippen molar-refractivity contribution in [2.75, 3.05) is 6.16 Å². The fourth-order valence-electron chi connectivity index (χ4n) is 3.97. The van der Waals surface area contributed by atoms with Crippen LogP contribution in [0, 0.1) is 0 Å². The standard InChI is InChI=1S/C22H37P/c1-3-5-7-13-19-23(21-16-9-8-10-17-21)22-18-12-11-15-20(22)14-6-4-2/h11-12,15,18,21H,3-10,13-14,16-17,19H2,1-2H3. The van der Waals surface area contributed by atoms with Crippen LogP contribution in [0.1, 0.15) is 90.0 Å². The van der Waals surface area contributed by atoms with Crippen LogP contribution < -0.4 is 5.30 Å². The van der Waals surface area contributed by atoms with Crippen molar-refractivity contribution in [2.45, 2.75) is 96.6 Å². The van der Waals surface area contributed by atoms with Gasteiger partial charge in [-0.05, 0) is 54.8 Å². The molecule has 1 atom stereocenters. The second-order valence-corrected chi connectivity index (χ2v) is 9.88. The topological polar surface area (TPSA) is 0 Å². The summed E-state index contributed by atoms with van der Waals surface area (Å²) in [6.07, 6.45) is 18.6. The normalized spacial score (nSPS) is 17.3. The molecule has 2 rings (SSSR count). The summed E-state index contributed by atoms with van der Waals surface area (Å²) in [5.41, 5.74) is 2.70. The summed E-state index contributed by atoms with van der Waals surface area (Å²) >= 11 is 0. The Balaban J connectivity index is 2.11. The van der Waals surface area contributed by atoms with E-state index in [2.05, 4.69) is 38.1 Å². The fourth-order valence-corrected chi connectivity index (χ4v) is 7.36. The largest absolute Gasteiger partial charge is 0.0718 e. The number of aryl methyl sites for hydroxylation is 1. The molecule has 0 heterocycles. The molecule has 0 bridgehead atoms. The molecule has 23 heavy (non-hydrogen) atoms. The van der Waals surface area contributed by atoms with Gasteiger partial charge >= 0.3 is 0 Å². The smallest absolute Gasteiger partial charge is 0.0169 e. The highest BCUT2D eigenvalue weighted by Crippen LogP contribution is 2.48. The first kappa shape index (κ1) is 19.0. The van der Waals surface area contributed by atoms with Gasteiger partial charge in [-0.1, -0.05) is 91.0 Å². The molecule has 0 aromatic heterocycles. The third-order valence-electron chi connectivity index (χ3n) is 5.37. The summed E-state index contributed by atoms with van der Waals surface area (Å²) < 4.78 is 0. The zero-order chi connectivity index (χ0) is 16.3. The summed E-state index contributed by atoms with van der Waals surface area (Å²) in [7, 11) is 0.0721. The zero-order valence-corrected chi connectivity index (χ0v) is 16.4. The van der Waals surface area contributed by atoms with Gasteiger partial charge in [-0.2, -0.15) is 0 Å². The van der Waals surface area contributed by atoms with Crippen LogP contribution in [-0.2, 0) is 6.42 Å². The van der Waals surface area contributed by atoms with Gasteiger partial charge in [-0.25, -0.2) is 0 Å². The van der Waals surface area contributed by atoms with Gasteiger partial charge in [0.15, 0.2) is 0 Å². The van der Waals surface area contributed by atoms with Gasteiger partial charge in [0.2, 0.25) is 0 Å². The Kier molecular flexibility index (Phi) is 9.28. The van der Waals surface area contributed by atoms with Gasteiger partial charge in [0, 0.05) is 0 Å². The minimum absolute atomic E-state index is 0.0721. The first-order valence-corrected chi connectivity index (χ1v) is 11.8. The van der Waals surface area contributed by atoms with E-state index in [4.69, 9.17) is 0 Å². The van der Waals surface area contributed by atoms with Gasteiger partial charge < -0.3 is 0 Å². The molecule has 1 aromatic rings. The maximum atomic E-state index is 2.49. The molecule has 0 nitrogen and oxygen atoms in total. The minimum atomic E-state index is 0.0721. The van der Waals surface area contributed by atoms with Crippen molar-refractivity contribution in [3.8, 4) is 0 Å². The molecule has 0 aliphatic heterocycles. The van der Waals surface area contributed by atoms with Crippen molar-refractivity contribution in [2.24, 2.45) is 0 Å². The summed E-state index contributed by atoms with van der Waals surface area (Å²) in [5.74, 6) is 0. The van der Waals surface area contributed by atoms with E-state index in [-0.39, 0.29) is 7.92 Å². The lowest BCUT2D eigenvalue weighted by atomic mass is 10.0. The Bertz CT molecular complexity index is 420. The van der Waals surface area contributed by atoms with E-state index in [9.17, 15) is 0 Å². The van der Waals surface area contributed by atoms with Crippen LogP contribution in [0.5, 0.6) is 0 Å². The maximum Gasteiger partial charge on any atom is -0.0169 e. The molecular weight excluding hydrogens is 295 g/mol. The Morgan fingerprint density at radius 2 is 1.61 bits per heavy atom. The Hall–Kier alpha value is -0.350. The van der Waals surface area contributed by atoms with Gasteiger partial charge in [-0.3, -0.25) is 0 Å². The van der Waals surface area contributed by atoms with Crippen LogP contribution in [-0.4, -0.2) is 11.8 Å². The Morgan fingerprint density at radius 3 is 2.35 bits per heavy atom. The molecule has 1 fully saturated rings. The Labute approximate surface area is 146 Å².